The second-order valence-electron chi connectivity index (χ2n) is 4.38. The maximum absolute atomic E-state index is 13.4. The Labute approximate surface area is 120 Å². The first-order chi connectivity index (χ1) is 10.1. The second-order valence-corrected chi connectivity index (χ2v) is 4.38. The van der Waals surface area contributed by atoms with Gasteiger partial charge < -0.3 is 15.2 Å². The van der Waals surface area contributed by atoms with Crippen molar-refractivity contribution in [2.24, 2.45) is 0 Å². The zero-order valence-corrected chi connectivity index (χ0v) is 11.0. The second kappa shape index (κ2) is 6.99. The smallest absolute Gasteiger partial charge is 0.181 e. The van der Waals surface area contributed by atoms with Crippen LogP contribution in [0.1, 0.15) is 0 Å². The Morgan fingerprint density at radius 3 is 2.48 bits per heavy atom. The van der Waals surface area contributed by atoms with E-state index in [1.807, 2.05) is 0 Å². The van der Waals surface area contributed by atoms with Gasteiger partial charge in [0.25, 0.3) is 0 Å². The van der Waals surface area contributed by atoms with Crippen LogP contribution in [0.25, 0.3) is 0 Å². The predicted molar refractivity (Wildman–Crippen MR) is 72.7 cm³/mol. The van der Waals surface area contributed by atoms with Crippen molar-refractivity contribution in [3.63, 3.8) is 0 Å². The Morgan fingerprint density at radius 1 is 1.00 bits per heavy atom. The van der Waals surface area contributed by atoms with E-state index in [2.05, 4.69) is 5.32 Å². The molecule has 0 radical (unpaired) electrons. The molecule has 0 aliphatic rings. The molecule has 0 fully saturated rings. The van der Waals surface area contributed by atoms with E-state index < -0.39 is 23.6 Å². The molecular weight excluding hydrogens is 283 g/mol. The van der Waals surface area contributed by atoms with Gasteiger partial charge in [-0.2, -0.15) is 0 Å². The molecule has 0 heterocycles. The molecule has 0 amide bonds. The molecule has 1 atom stereocenters. The third kappa shape index (κ3) is 4.13. The fourth-order valence-corrected chi connectivity index (χ4v) is 1.67. The zero-order valence-electron chi connectivity index (χ0n) is 11.0. The molecule has 6 heteroatoms. The van der Waals surface area contributed by atoms with E-state index >= 15 is 0 Å². The molecule has 0 aliphatic carbocycles. The lowest BCUT2D eigenvalue weighted by molar-refractivity contribution is 0.115. The van der Waals surface area contributed by atoms with E-state index in [9.17, 15) is 18.3 Å². The topological polar surface area (TPSA) is 41.5 Å². The van der Waals surface area contributed by atoms with E-state index in [1.165, 1.54) is 30.3 Å². The fraction of sp³-hybridized carbons (Fsp3) is 0.200. The molecule has 2 aromatic rings. The fourth-order valence-electron chi connectivity index (χ4n) is 1.67. The maximum Gasteiger partial charge on any atom is 0.181 e. The number of anilines is 1. The van der Waals surface area contributed by atoms with Crippen LogP contribution in [0.15, 0.2) is 42.5 Å². The van der Waals surface area contributed by atoms with Crippen LogP contribution in [-0.2, 0) is 0 Å². The largest absolute Gasteiger partial charge is 0.488 e. The van der Waals surface area contributed by atoms with Crippen LogP contribution in [0.5, 0.6) is 5.75 Å². The molecule has 0 saturated carbocycles. The molecule has 2 rings (SSSR count). The molecule has 0 aromatic heterocycles. The minimum absolute atomic E-state index is 0.0217. The van der Waals surface area contributed by atoms with Gasteiger partial charge in [-0.15, -0.1) is 0 Å². The predicted octanol–water partition coefficient (Wildman–Crippen LogP) is 2.96. The van der Waals surface area contributed by atoms with Crippen molar-refractivity contribution in [3.8, 4) is 5.75 Å². The number of rotatable bonds is 6. The molecule has 3 nitrogen and oxygen atoms in total. The Morgan fingerprint density at radius 2 is 1.71 bits per heavy atom. The van der Waals surface area contributed by atoms with Gasteiger partial charge in [-0.1, -0.05) is 18.2 Å². The first kappa shape index (κ1) is 15.2. The van der Waals surface area contributed by atoms with Crippen molar-refractivity contribution >= 4 is 5.69 Å². The summed E-state index contributed by atoms with van der Waals surface area (Å²) in [6.45, 7) is -0.236. The molecule has 2 aromatic carbocycles. The Hall–Kier alpha value is -2.21. The van der Waals surface area contributed by atoms with Crippen LogP contribution in [0.2, 0.25) is 0 Å². The van der Waals surface area contributed by atoms with Gasteiger partial charge in [-0.3, -0.25) is 0 Å². The molecular formula is C15H14F3NO2. The lowest BCUT2D eigenvalue weighted by Crippen LogP contribution is -2.26. The molecule has 2 N–H and O–H groups in total. The number of hydrogen-bond donors (Lipinski definition) is 2. The van der Waals surface area contributed by atoms with Crippen molar-refractivity contribution in [2.75, 3.05) is 18.5 Å². The van der Waals surface area contributed by atoms with Crippen molar-refractivity contribution in [1.82, 2.24) is 0 Å². The Kier molecular flexibility index (Phi) is 5.05. The molecule has 21 heavy (non-hydrogen) atoms. The standard InChI is InChI=1S/C15H14F3NO2/c16-11-4-1-2-7-14(11)21-9-10(20)8-19-13-6-3-5-12(17)15(13)18/h1-7,10,19-20H,8-9H2. The number of aliphatic hydroxyl groups excluding tert-OH is 1. The van der Waals surface area contributed by atoms with Crippen LogP contribution < -0.4 is 10.1 Å². The van der Waals surface area contributed by atoms with E-state index in [4.69, 9.17) is 4.74 Å². The Balaban J connectivity index is 1.84. The number of benzene rings is 2. The molecule has 0 saturated heterocycles. The highest BCUT2D eigenvalue weighted by atomic mass is 19.2. The summed E-state index contributed by atoms with van der Waals surface area (Å²) in [5, 5.41) is 12.3. The molecule has 0 spiro atoms. The molecule has 1 unspecified atom stereocenters. The quantitative estimate of drug-likeness (QED) is 0.861. The van der Waals surface area contributed by atoms with Gasteiger partial charge in [0.15, 0.2) is 23.2 Å². The summed E-state index contributed by atoms with van der Waals surface area (Å²) in [4.78, 5) is 0. The van der Waals surface area contributed by atoms with Gasteiger partial charge in [0.2, 0.25) is 0 Å². The third-order valence-corrected chi connectivity index (χ3v) is 2.75. The Bertz CT molecular complexity index is 607. The van der Waals surface area contributed by atoms with E-state index in [-0.39, 0.29) is 24.6 Å². The SMILES string of the molecule is OC(CNc1cccc(F)c1F)COc1ccccc1F. The molecule has 112 valence electrons. The van der Waals surface area contributed by atoms with Gasteiger partial charge >= 0.3 is 0 Å². The summed E-state index contributed by atoms with van der Waals surface area (Å²) in [6, 6.07) is 9.49. The summed E-state index contributed by atoms with van der Waals surface area (Å²) in [7, 11) is 0. The zero-order chi connectivity index (χ0) is 15.2. The van der Waals surface area contributed by atoms with Gasteiger partial charge in [0.1, 0.15) is 12.7 Å². The minimum Gasteiger partial charge on any atom is -0.488 e. The summed E-state index contributed by atoms with van der Waals surface area (Å²) in [6.07, 6.45) is -1.01. The molecule has 0 aliphatic heterocycles. The summed E-state index contributed by atoms with van der Waals surface area (Å²) in [5.41, 5.74) is -0.0556. The van der Waals surface area contributed by atoms with Crippen molar-refractivity contribution in [1.29, 1.82) is 0 Å². The van der Waals surface area contributed by atoms with Gasteiger partial charge in [0.05, 0.1) is 5.69 Å². The lowest BCUT2D eigenvalue weighted by atomic mass is 10.2. The first-order valence-electron chi connectivity index (χ1n) is 6.31. The average molecular weight is 297 g/mol. The number of para-hydroxylation sites is 1. The normalized spacial score (nSPS) is 12.0. The highest BCUT2D eigenvalue weighted by Gasteiger charge is 2.11. The van der Waals surface area contributed by atoms with E-state index in [1.54, 1.807) is 6.07 Å². The molecule has 0 bridgehead atoms. The van der Waals surface area contributed by atoms with E-state index in [0.29, 0.717) is 0 Å². The summed E-state index contributed by atoms with van der Waals surface area (Å²) >= 11 is 0. The monoisotopic (exact) mass is 297 g/mol. The van der Waals surface area contributed by atoms with Crippen molar-refractivity contribution in [3.05, 3.63) is 59.9 Å². The van der Waals surface area contributed by atoms with Crippen LogP contribution in [0.3, 0.4) is 0 Å². The van der Waals surface area contributed by atoms with Gasteiger partial charge in [-0.25, -0.2) is 13.2 Å². The minimum atomic E-state index is -1.01. The van der Waals surface area contributed by atoms with Gasteiger partial charge in [-0.05, 0) is 24.3 Å². The van der Waals surface area contributed by atoms with Crippen molar-refractivity contribution in [2.45, 2.75) is 6.10 Å². The maximum atomic E-state index is 13.4. The van der Waals surface area contributed by atoms with Crippen LogP contribution >= 0.6 is 0 Å². The number of halogens is 3. The number of ether oxygens (including phenoxy) is 1. The number of hydrogen-bond acceptors (Lipinski definition) is 3. The van der Waals surface area contributed by atoms with Crippen LogP contribution in [-0.4, -0.2) is 24.4 Å². The summed E-state index contributed by atoms with van der Waals surface area (Å²) < 4.78 is 44.7. The average Bonchev–Trinajstić information content (AvgIpc) is 2.48. The van der Waals surface area contributed by atoms with Crippen LogP contribution in [0.4, 0.5) is 18.9 Å². The van der Waals surface area contributed by atoms with E-state index in [0.717, 1.165) is 6.07 Å². The lowest BCUT2D eigenvalue weighted by Gasteiger charge is -2.14. The van der Waals surface area contributed by atoms with Gasteiger partial charge in [0, 0.05) is 6.54 Å². The number of aliphatic hydroxyl groups is 1. The highest BCUT2D eigenvalue weighted by Crippen LogP contribution is 2.17. The van der Waals surface area contributed by atoms with Crippen LogP contribution in [0, 0.1) is 17.5 Å². The van der Waals surface area contributed by atoms with Crippen molar-refractivity contribution < 1.29 is 23.0 Å². The first-order valence-corrected chi connectivity index (χ1v) is 6.31. The highest BCUT2D eigenvalue weighted by molar-refractivity contribution is 5.44. The summed E-state index contributed by atoms with van der Waals surface area (Å²) in [5.74, 6) is -2.50. The third-order valence-electron chi connectivity index (χ3n) is 2.75. The number of nitrogens with one attached hydrogen (secondary N) is 1.